The lowest BCUT2D eigenvalue weighted by atomic mass is 9.85. The van der Waals surface area contributed by atoms with Crippen molar-refractivity contribution in [2.24, 2.45) is 23.6 Å². The fourth-order valence-electron chi connectivity index (χ4n) is 2.74. The van der Waals surface area contributed by atoms with Crippen molar-refractivity contribution >= 4 is 0 Å². The van der Waals surface area contributed by atoms with Crippen LogP contribution in [0.2, 0.25) is 0 Å². The Bertz CT molecular complexity index is 158. The van der Waals surface area contributed by atoms with Crippen molar-refractivity contribution in [3.8, 4) is 0 Å². The summed E-state index contributed by atoms with van der Waals surface area (Å²) in [6.45, 7) is 6.96. The molecule has 0 aliphatic heterocycles. The second-order valence-electron chi connectivity index (χ2n) is 5.09. The molecule has 1 aliphatic carbocycles. The van der Waals surface area contributed by atoms with Gasteiger partial charge in [0, 0.05) is 6.04 Å². The Morgan fingerprint density at radius 2 is 2.14 bits per heavy atom. The lowest BCUT2D eigenvalue weighted by molar-refractivity contribution is 0.257. The Balaban J connectivity index is 2.44. The van der Waals surface area contributed by atoms with Crippen LogP contribution in [0.4, 0.5) is 0 Å². The molecule has 0 heterocycles. The van der Waals surface area contributed by atoms with E-state index in [1.807, 2.05) is 0 Å². The van der Waals surface area contributed by atoms with Crippen LogP contribution in [0.5, 0.6) is 0 Å². The van der Waals surface area contributed by atoms with Gasteiger partial charge in [0.25, 0.3) is 0 Å². The van der Waals surface area contributed by atoms with Crippen LogP contribution in [0, 0.1) is 17.8 Å². The van der Waals surface area contributed by atoms with E-state index in [1.165, 1.54) is 32.1 Å². The molecule has 0 bridgehead atoms. The molecule has 0 aromatic rings. The molecule has 0 amide bonds. The third-order valence-corrected chi connectivity index (χ3v) is 4.01. The highest BCUT2D eigenvalue weighted by molar-refractivity contribution is 4.84. The average molecular weight is 198 g/mol. The number of rotatable bonds is 5. The molecule has 1 rings (SSSR count). The molecule has 0 radical (unpaired) electrons. The van der Waals surface area contributed by atoms with Gasteiger partial charge in [0.1, 0.15) is 0 Å². The maximum Gasteiger partial charge on any atom is 0.0243 e. The van der Waals surface area contributed by atoms with Crippen molar-refractivity contribution in [2.75, 3.05) is 0 Å². The minimum atomic E-state index is 0.544. The SMILES string of the molecule is CCC(C)CC(NN)C1CCCC1C. The first-order valence-electron chi connectivity index (χ1n) is 6.15. The molecule has 0 saturated heterocycles. The third-order valence-electron chi connectivity index (χ3n) is 4.01. The lowest BCUT2D eigenvalue weighted by Gasteiger charge is -2.28. The normalized spacial score (nSPS) is 31.7. The van der Waals surface area contributed by atoms with Gasteiger partial charge in [-0.25, -0.2) is 0 Å². The highest BCUT2D eigenvalue weighted by atomic mass is 15.2. The Labute approximate surface area is 88.6 Å². The fraction of sp³-hybridized carbons (Fsp3) is 1.00. The molecule has 3 N–H and O–H groups in total. The molecule has 2 heteroatoms. The van der Waals surface area contributed by atoms with Gasteiger partial charge in [-0.1, -0.05) is 40.0 Å². The van der Waals surface area contributed by atoms with Crippen molar-refractivity contribution in [1.82, 2.24) is 5.43 Å². The lowest BCUT2D eigenvalue weighted by Crippen LogP contribution is -2.42. The van der Waals surface area contributed by atoms with Gasteiger partial charge >= 0.3 is 0 Å². The van der Waals surface area contributed by atoms with Gasteiger partial charge < -0.3 is 0 Å². The highest BCUT2D eigenvalue weighted by Crippen LogP contribution is 2.35. The van der Waals surface area contributed by atoms with Gasteiger partial charge in [-0.05, 0) is 30.6 Å². The molecule has 0 aromatic carbocycles. The van der Waals surface area contributed by atoms with Crippen LogP contribution >= 0.6 is 0 Å². The van der Waals surface area contributed by atoms with E-state index in [0.29, 0.717) is 6.04 Å². The minimum absolute atomic E-state index is 0.544. The predicted molar refractivity (Wildman–Crippen MR) is 61.7 cm³/mol. The summed E-state index contributed by atoms with van der Waals surface area (Å²) in [4.78, 5) is 0. The molecule has 4 unspecified atom stereocenters. The number of nitrogens with one attached hydrogen (secondary N) is 1. The summed E-state index contributed by atoms with van der Waals surface area (Å²) in [7, 11) is 0. The molecule has 2 nitrogen and oxygen atoms in total. The number of hydrogen-bond donors (Lipinski definition) is 2. The minimum Gasteiger partial charge on any atom is -0.271 e. The van der Waals surface area contributed by atoms with Crippen LogP contribution < -0.4 is 11.3 Å². The molecule has 14 heavy (non-hydrogen) atoms. The van der Waals surface area contributed by atoms with Gasteiger partial charge in [0.2, 0.25) is 0 Å². The monoisotopic (exact) mass is 198 g/mol. The van der Waals surface area contributed by atoms with E-state index in [0.717, 1.165) is 17.8 Å². The van der Waals surface area contributed by atoms with Gasteiger partial charge in [-0.3, -0.25) is 11.3 Å². The van der Waals surface area contributed by atoms with Crippen LogP contribution in [-0.2, 0) is 0 Å². The van der Waals surface area contributed by atoms with Crippen LogP contribution in [0.25, 0.3) is 0 Å². The Kier molecular flexibility index (Phi) is 4.90. The third kappa shape index (κ3) is 2.96. The van der Waals surface area contributed by atoms with E-state index < -0.39 is 0 Å². The topological polar surface area (TPSA) is 38.0 Å². The first kappa shape index (κ1) is 12.0. The largest absolute Gasteiger partial charge is 0.271 e. The zero-order valence-corrected chi connectivity index (χ0v) is 9.92. The van der Waals surface area contributed by atoms with Gasteiger partial charge in [0.15, 0.2) is 0 Å². The Morgan fingerprint density at radius 3 is 2.57 bits per heavy atom. The molecule has 84 valence electrons. The zero-order valence-electron chi connectivity index (χ0n) is 9.92. The summed E-state index contributed by atoms with van der Waals surface area (Å²) in [6, 6.07) is 0.544. The second kappa shape index (κ2) is 5.72. The van der Waals surface area contributed by atoms with Crippen LogP contribution in [-0.4, -0.2) is 6.04 Å². The Hall–Kier alpha value is -0.0800. The standard InChI is InChI=1S/C12H26N2/c1-4-9(2)8-12(14-13)11-7-5-6-10(11)3/h9-12,14H,4-8,13H2,1-3H3. The summed E-state index contributed by atoms with van der Waals surface area (Å²) >= 11 is 0. The second-order valence-corrected chi connectivity index (χ2v) is 5.09. The summed E-state index contributed by atoms with van der Waals surface area (Å²) < 4.78 is 0. The van der Waals surface area contributed by atoms with Crippen LogP contribution in [0.1, 0.15) is 52.9 Å². The summed E-state index contributed by atoms with van der Waals surface area (Å²) in [5.74, 6) is 8.14. The summed E-state index contributed by atoms with van der Waals surface area (Å²) in [5, 5.41) is 0. The maximum atomic E-state index is 5.67. The van der Waals surface area contributed by atoms with Crippen LogP contribution in [0.3, 0.4) is 0 Å². The van der Waals surface area contributed by atoms with E-state index in [4.69, 9.17) is 5.84 Å². The molecule has 1 fully saturated rings. The first-order chi connectivity index (χ1) is 6.69. The van der Waals surface area contributed by atoms with E-state index in [-0.39, 0.29) is 0 Å². The summed E-state index contributed by atoms with van der Waals surface area (Å²) in [6.07, 6.45) is 6.65. The van der Waals surface area contributed by atoms with Crippen LogP contribution in [0.15, 0.2) is 0 Å². The number of hydrazine groups is 1. The van der Waals surface area contributed by atoms with E-state index in [1.54, 1.807) is 0 Å². The average Bonchev–Trinajstić information content (AvgIpc) is 2.60. The molecular weight excluding hydrogens is 172 g/mol. The van der Waals surface area contributed by atoms with E-state index in [9.17, 15) is 0 Å². The molecule has 0 spiro atoms. The number of nitrogens with two attached hydrogens (primary N) is 1. The maximum absolute atomic E-state index is 5.67. The molecular formula is C12H26N2. The van der Waals surface area contributed by atoms with Crippen molar-refractivity contribution in [2.45, 2.75) is 58.9 Å². The fourth-order valence-corrected chi connectivity index (χ4v) is 2.74. The zero-order chi connectivity index (χ0) is 10.6. The predicted octanol–water partition coefficient (Wildman–Crippen LogP) is 2.69. The Morgan fingerprint density at radius 1 is 1.43 bits per heavy atom. The number of hydrogen-bond acceptors (Lipinski definition) is 2. The molecule has 1 aliphatic rings. The van der Waals surface area contributed by atoms with Crippen molar-refractivity contribution in [3.05, 3.63) is 0 Å². The molecule has 1 saturated carbocycles. The van der Waals surface area contributed by atoms with Crippen molar-refractivity contribution in [1.29, 1.82) is 0 Å². The van der Waals surface area contributed by atoms with Crippen molar-refractivity contribution < 1.29 is 0 Å². The van der Waals surface area contributed by atoms with E-state index >= 15 is 0 Å². The van der Waals surface area contributed by atoms with Crippen molar-refractivity contribution in [3.63, 3.8) is 0 Å². The van der Waals surface area contributed by atoms with Gasteiger partial charge in [-0.2, -0.15) is 0 Å². The molecule has 4 atom stereocenters. The van der Waals surface area contributed by atoms with Gasteiger partial charge in [0.05, 0.1) is 0 Å². The first-order valence-corrected chi connectivity index (χ1v) is 6.15. The highest BCUT2D eigenvalue weighted by Gasteiger charge is 2.30. The molecule has 0 aromatic heterocycles. The van der Waals surface area contributed by atoms with Gasteiger partial charge in [-0.15, -0.1) is 0 Å². The summed E-state index contributed by atoms with van der Waals surface area (Å²) in [5.41, 5.74) is 3.04. The quantitative estimate of drug-likeness (QED) is 0.526. The smallest absolute Gasteiger partial charge is 0.0243 e. The van der Waals surface area contributed by atoms with E-state index in [2.05, 4.69) is 26.2 Å².